The second kappa shape index (κ2) is 7.24. The number of para-hydroxylation sites is 1. The van der Waals surface area contributed by atoms with Crippen molar-refractivity contribution in [3.05, 3.63) is 64.9 Å². The molecule has 0 saturated carbocycles. The summed E-state index contributed by atoms with van der Waals surface area (Å²) in [6.07, 6.45) is 0.546. The first kappa shape index (κ1) is 14.8. The van der Waals surface area contributed by atoms with Crippen LogP contribution < -0.4 is 16.0 Å². The third kappa shape index (κ3) is 3.93. The number of hydrogen-bond donors (Lipinski definition) is 2. The third-order valence-corrected chi connectivity index (χ3v) is 3.19. The van der Waals surface area contributed by atoms with Gasteiger partial charge in [-0.1, -0.05) is 35.9 Å². The van der Waals surface area contributed by atoms with Crippen LogP contribution in [0.2, 0.25) is 5.02 Å². The van der Waals surface area contributed by atoms with E-state index in [4.69, 9.17) is 22.2 Å². The van der Waals surface area contributed by atoms with E-state index in [0.717, 1.165) is 5.75 Å². The minimum Gasteiger partial charge on any atom is -0.494 e. The first-order chi connectivity index (χ1) is 9.70. The van der Waals surface area contributed by atoms with Crippen LogP contribution in [0, 0.1) is 5.82 Å². The van der Waals surface area contributed by atoms with Gasteiger partial charge in [0.1, 0.15) is 11.6 Å². The van der Waals surface area contributed by atoms with Gasteiger partial charge in [0.25, 0.3) is 0 Å². The highest BCUT2D eigenvalue weighted by molar-refractivity contribution is 6.30. The molecule has 2 aromatic carbocycles. The zero-order valence-corrected chi connectivity index (χ0v) is 11.6. The fourth-order valence-corrected chi connectivity index (χ4v) is 2.08. The van der Waals surface area contributed by atoms with Crippen molar-refractivity contribution in [3.8, 4) is 5.75 Å². The molecule has 0 fully saturated rings. The topological polar surface area (TPSA) is 47.3 Å². The molecule has 2 rings (SSSR count). The Labute approximate surface area is 122 Å². The molecule has 3 N–H and O–H groups in total. The van der Waals surface area contributed by atoms with E-state index in [1.165, 1.54) is 6.07 Å². The first-order valence-corrected chi connectivity index (χ1v) is 6.67. The van der Waals surface area contributed by atoms with Crippen molar-refractivity contribution in [2.24, 2.45) is 5.84 Å². The molecule has 20 heavy (non-hydrogen) atoms. The van der Waals surface area contributed by atoms with Gasteiger partial charge in [0.05, 0.1) is 12.6 Å². The minimum atomic E-state index is -0.375. The average molecular weight is 295 g/mol. The maximum Gasteiger partial charge on any atom is 0.129 e. The molecule has 0 heterocycles. The summed E-state index contributed by atoms with van der Waals surface area (Å²) in [5, 5.41) is 0.363. The molecule has 5 heteroatoms. The monoisotopic (exact) mass is 294 g/mol. The van der Waals surface area contributed by atoms with Crippen LogP contribution in [0.15, 0.2) is 48.5 Å². The second-order valence-electron chi connectivity index (χ2n) is 4.34. The number of hydrazine groups is 1. The summed E-state index contributed by atoms with van der Waals surface area (Å²) in [4.78, 5) is 0. The van der Waals surface area contributed by atoms with Gasteiger partial charge in [0, 0.05) is 17.0 Å². The highest BCUT2D eigenvalue weighted by atomic mass is 35.5. The van der Waals surface area contributed by atoms with E-state index < -0.39 is 0 Å². The predicted molar refractivity (Wildman–Crippen MR) is 78.0 cm³/mol. The van der Waals surface area contributed by atoms with Crippen LogP contribution in [0.25, 0.3) is 0 Å². The molecule has 1 atom stereocenters. The summed E-state index contributed by atoms with van der Waals surface area (Å²) in [7, 11) is 0. The average Bonchev–Trinajstić information content (AvgIpc) is 2.46. The summed E-state index contributed by atoms with van der Waals surface area (Å²) in [5.74, 6) is 5.89. The second-order valence-corrected chi connectivity index (χ2v) is 4.77. The van der Waals surface area contributed by atoms with Crippen molar-refractivity contribution < 1.29 is 9.13 Å². The fraction of sp³-hybridized carbons (Fsp3) is 0.200. The number of rotatable bonds is 6. The van der Waals surface area contributed by atoms with Crippen molar-refractivity contribution in [2.45, 2.75) is 12.5 Å². The van der Waals surface area contributed by atoms with Crippen molar-refractivity contribution >= 4 is 11.6 Å². The lowest BCUT2D eigenvalue weighted by molar-refractivity contribution is 0.285. The van der Waals surface area contributed by atoms with Gasteiger partial charge in [-0.15, -0.1) is 0 Å². The number of hydrogen-bond acceptors (Lipinski definition) is 3. The van der Waals surface area contributed by atoms with Crippen LogP contribution in [0.3, 0.4) is 0 Å². The molecule has 0 aliphatic rings. The molecule has 0 bridgehead atoms. The van der Waals surface area contributed by atoms with Gasteiger partial charge in [-0.05, 0) is 24.3 Å². The van der Waals surface area contributed by atoms with Crippen LogP contribution in [0.5, 0.6) is 5.75 Å². The molecule has 0 aromatic heterocycles. The lowest BCUT2D eigenvalue weighted by Crippen LogP contribution is -2.30. The number of benzene rings is 2. The number of nitrogens with two attached hydrogens (primary N) is 1. The Morgan fingerprint density at radius 3 is 2.60 bits per heavy atom. The van der Waals surface area contributed by atoms with Crippen LogP contribution >= 0.6 is 11.6 Å². The van der Waals surface area contributed by atoms with Crippen molar-refractivity contribution in [2.75, 3.05) is 6.61 Å². The Morgan fingerprint density at radius 1 is 1.20 bits per heavy atom. The molecule has 106 valence electrons. The lowest BCUT2D eigenvalue weighted by Gasteiger charge is -2.17. The Balaban J connectivity index is 1.95. The number of ether oxygens (including phenoxy) is 1. The fourth-order valence-electron chi connectivity index (χ4n) is 1.92. The molecule has 0 aliphatic heterocycles. The molecule has 0 aliphatic carbocycles. The Hall–Kier alpha value is -1.62. The van der Waals surface area contributed by atoms with E-state index in [1.807, 2.05) is 30.3 Å². The SMILES string of the molecule is NNC(CCOc1ccccc1)c1ccc(Cl)cc1F. The van der Waals surface area contributed by atoms with E-state index in [2.05, 4.69) is 5.43 Å². The van der Waals surface area contributed by atoms with Crippen molar-refractivity contribution in [3.63, 3.8) is 0 Å². The van der Waals surface area contributed by atoms with Crippen molar-refractivity contribution in [1.29, 1.82) is 0 Å². The van der Waals surface area contributed by atoms with Gasteiger partial charge in [-0.3, -0.25) is 11.3 Å². The molecule has 1 unspecified atom stereocenters. The maximum atomic E-state index is 13.8. The summed E-state index contributed by atoms with van der Waals surface area (Å²) >= 11 is 5.73. The van der Waals surface area contributed by atoms with E-state index in [1.54, 1.807) is 12.1 Å². The predicted octanol–water partition coefficient (Wildman–Crippen LogP) is 3.45. The quantitative estimate of drug-likeness (QED) is 0.634. The molecule has 0 saturated heterocycles. The number of nitrogens with one attached hydrogen (secondary N) is 1. The molecular formula is C15H16ClFN2O. The van der Waals surface area contributed by atoms with Gasteiger partial charge in [-0.25, -0.2) is 4.39 Å². The van der Waals surface area contributed by atoms with Crippen LogP contribution in [-0.2, 0) is 0 Å². The summed E-state index contributed by atoms with van der Waals surface area (Å²) in [6, 6.07) is 13.7. The zero-order chi connectivity index (χ0) is 14.4. The Morgan fingerprint density at radius 2 is 1.95 bits per heavy atom. The lowest BCUT2D eigenvalue weighted by atomic mass is 10.0. The smallest absolute Gasteiger partial charge is 0.129 e. The van der Waals surface area contributed by atoms with Crippen LogP contribution in [0.1, 0.15) is 18.0 Å². The molecule has 2 aromatic rings. The molecule has 3 nitrogen and oxygen atoms in total. The van der Waals surface area contributed by atoms with E-state index >= 15 is 0 Å². The van der Waals surface area contributed by atoms with Gasteiger partial charge in [0.15, 0.2) is 0 Å². The Bertz CT molecular complexity index is 551. The minimum absolute atomic E-state index is 0.323. The van der Waals surface area contributed by atoms with Gasteiger partial charge in [0.2, 0.25) is 0 Å². The van der Waals surface area contributed by atoms with Gasteiger partial charge >= 0.3 is 0 Å². The van der Waals surface area contributed by atoms with E-state index in [-0.39, 0.29) is 11.9 Å². The third-order valence-electron chi connectivity index (χ3n) is 2.96. The largest absolute Gasteiger partial charge is 0.494 e. The highest BCUT2D eigenvalue weighted by Crippen LogP contribution is 2.23. The highest BCUT2D eigenvalue weighted by Gasteiger charge is 2.14. The standard InChI is InChI=1S/C15H16ClFN2O/c16-11-6-7-13(14(17)10-11)15(19-18)8-9-20-12-4-2-1-3-5-12/h1-7,10,15,19H,8-9,18H2. The van der Waals surface area contributed by atoms with Crippen LogP contribution in [-0.4, -0.2) is 6.61 Å². The zero-order valence-electron chi connectivity index (χ0n) is 10.9. The molecule has 0 radical (unpaired) electrons. The van der Waals surface area contributed by atoms with E-state index in [0.29, 0.717) is 23.6 Å². The van der Waals surface area contributed by atoms with E-state index in [9.17, 15) is 4.39 Å². The Kier molecular flexibility index (Phi) is 5.35. The first-order valence-electron chi connectivity index (χ1n) is 6.29. The van der Waals surface area contributed by atoms with Gasteiger partial charge in [-0.2, -0.15) is 0 Å². The van der Waals surface area contributed by atoms with Gasteiger partial charge < -0.3 is 4.74 Å². The van der Waals surface area contributed by atoms with Crippen LogP contribution in [0.4, 0.5) is 4.39 Å². The van der Waals surface area contributed by atoms with Crippen molar-refractivity contribution in [1.82, 2.24) is 5.43 Å². The summed E-state index contributed by atoms with van der Waals surface area (Å²) in [5.41, 5.74) is 3.08. The maximum absolute atomic E-state index is 13.8. The summed E-state index contributed by atoms with van der Waals surface area (Å²) in [6.45, 7) is 0.431. The normalized spacial score (nSPS) is 12.2. The molecule has 0 spiro atoms. The summed E-state index contributed by atoms with van der Waals surface area (Å²) < 4.78 is 19.4. The molecule has 0 amide bonds. The number of halogens is 2. The molecular weight excluding hydrogens is 279 g/mol.